The molecule has 2 aliphatic rings. The summed E-state index contributed by atoms with van der Waals surface area (Å²) in [5.74, 6) is 0.954. The summed E-state index contributed by atoms with van der Waals surface area (Å²) >= 11 is 0. The molecule has 0 aromatic carbocycles. The topological polar surface area (TPSA) is 26.3 Å². The van der Waals surface area contributed by atoms with Gasteiger partial charge in [0, 0.05) is 5.92 Å². The molecule has 0 amide bonds. The molecule has 15 heavy (non-hydrogen) atoms. The highest BCUT2D eigenvalue weighted by atomic mass is 16.5. The standard InChI is InChI=1S/C13H22O2/c1-8-7-13(3,4)10-6-5-9(2)15-12(10)11(8)14/h8-10,12H,5-7H2,1-4H3. The summed E-state index contributed by atoms with van der Waals surface area (Å²) in [5, 5.41) is 0. The molecule has 2 rings (SSSR count). The first-order valence-electron chi connectivity index (χ1n) is 6.11. The number of hydrogen-bond acceptors (Lipinski definition) is 2. The van der Waals surface area contributed by atoms with Crippen LogP contribution in [0.5, 0.6) is 0 Å². The lowest BCUT2D eigenvalue weighted by Gasteiger charge is -2.48. The van der Waals surface area contributed by atoms with E-state index in [-0.39, 0.29) is 23.5 Å². The van der Waals surface area contributed by atoms with Crippen molar-refractivity contribution < 1.29 is 9.53 Å². The molecule has 1 saturated heterocycles. The predicted octanol–water partition coefficient (Wildman–Crippen LogP) is 2.81. The molecular formula is C13H22O2. The Kier molecular flexibility index (Phi) is 2.66. The van der Waals surface area contributed by atoms with Crippen molar-refractivity contribution in [2.45, 2.75) is 59.2 Å². The molecule has 0 bridgehead atoms. The van der Waals surface area contributed by atoms with Crippen LogP contribution in [0.1, 0.15) is 47.0 Å². The third-order valence-corrected chi connectivity index (χ3v) is 4.23. The molecule has 4 unspecified atom stereocenters. The minimum Gasteiger partial charge on any atom is -0.367 e. The van der Waals surface area contributed by atoms with Crippen molar-refractivity contribution in [3.8, 4) is 0 Å². The van der Waals surface area contributed by atoms with Gasteiger partial charge in [-0.25, -0.2) is 0 Å². The van der Waals surface area contributed by atoms with E-state index in [9.17, 15) is 4.79 Å². The number of ether oxygens (including phenoxy) is 1. The molecule has 1 aliphatic heterocycles. The van der Waals surface area contributed by atoms with Gasteiger partial charge in [-0.05, 0) is 37.5 Å². The Morgan fingerprint density at radius 3 is 2.60 bits per heavy atom. The van der Waals surface area contributed by atoms with Crippen LogP contribution in [0, 0.1) is 17.3 Å². The summed E-state index contributed by atoms with van der Waals surface area (Å²) in [6.45, 7) is 8.69. The summed E-state index contributed by atoms with van der Waals surface area (Å²) in [7, 11) is 0. The first kappa shape index (κ1) is 11.1. The zero-order chi connectivity index (χ0) is 11.2. The van der Waals surface area contributed by atoms with Gasteiger partial charge in [-0.3, -0.25) is 4.79 Å². The van der Waals surface area contributed by atoms with Crippen molar-refractivity contribution in [3.05, 3.63) is 0 Å². The van der Waals surface area contributed by atoms with E-state index >= 15 is 0 Å². The highest BCUT2D eigenvalue weighted by Crippen LogP contribution is 2.47. The second-order valence-corrected chi connectivity index (χ2v) is 6.05. The zero-order valence-electron chi connectivity index (χ0n) is 10.2. The highest BCUT2D eigenvalue weighted by Gasteiger charge is 2.49. The van der Waals surface area contributed by atoms with E-state index in [2.05, 4.69) is 20.8 Å². The summed E-state index contributed by atoms with van der Waals surface area (Å²) in [5.41, 5.74) is 0.262. The summed E-state index contributed by atoms with van der Waals surface area (Å²) in [6, 6.07) is 0. The second-order valence-electron chi connectivity index (χ2n) is 6.05. The lowest BCUT2D eigenvalue weighted by atomic mass is 9.61. The van der Waals surface area contributed by atoms with Crippen molar-refractivity contribution in [2.75, 3.05) is 0 Å². The van der Waals surface area contributed by atoms with E-state index in [1.165, 1.54) is 0 Å². The van der Waals surface area contributed by atoms with Crippen LogP contribution >= 0.6 is 0 Å². The van der Waals surface area contributed by atoms with Gasteiger partial charge in [-0.1, -0.05) is 20.8 Å². The van der Waals surface area contributed by atoms with Crippen molar-refractivity contribution in [3.63, 3.8) is 0 Å². The first-order valence-corrected chi connectivity index (χ1v) is 6.11. The molecule has 0 spiro atoms. The van der Waals surface area contributed by atoms with Gasteiger partial charge in [0.25, 0.3) is 0 Å². The van der Waals surface area contributed by atoms with Gasteiger partial charge in [-0.2, -0.15) is 0 Å². The van der Waals surface area contributed by atoms with Crippen LogP contribution in [0.2, 0.25) is 0 Å². The quantitative estimate of drug-likeness (QED) is 0.614. The van der Waals surface area contributed by atoms with E-state index < -0.39 is 0 Å². The Morgan fingerprint density at radius 1 is 1.27 bits per heavy atom. The van der Waals surface area contributed by atoms with E-state index in [1.54, 1.807) is 0 Å². The number of fused-ring (bicyclic) bond motifs is 1. The fraction of sp³-hybridized carbons (Fsp3) is 0.923. The summed E-state index contributed by atoms with van der Waals surface area (Å²) < 4.78 is 5.86. The Balaban J connectivity index is 2.24. The van der Waals surface area contributed by atoms with Crippen LogP contribution in [-0.4, -0.2) is 18.0 Å². The van der Waals surface area contributed by atoms with Gasteiger partial charge in [0.1, 0.15) is 6.10 Å². The lowest BCUT2D eigenvalue weighted by Crippen LogP contribution is -2.52. The average Bonchev–Trinajstić information content (AvgIpc) is 2.13. The Labute approximate surface area is 92.4 Å². The molecule has 2 nitrogen and oxygen atoms in total. The number of ketones is 1. The van der Waals surface area contributed by atoms with Crippen LogP contribution in [0.25, 0.3) is 0 Å². The minimum absolute atomic E-state index is 0.118. The molecule has 4 atom stereocenters. The Bertz CT molecular complexity index is 270. The lowest BCUT2D eigenvalue weighted by molar-refractivity contribution is -0.168. The van der Waals surface area contributed by atoms with E-state index in [0.717, 1.165) is 19.3 Å². The monoisotopic (exact) mass is 210 g/mol. The third-order valence-electron chi connectivity index (χ3n) is 4.23. The maximum absolute atomic E-state index is 12.1. The van der Waals surface area contributed by atoms with Gasteiger partial charge in [0.15, 0.2) is 5.78 Å². The Morgan fingerprint density at radius 2 is 1.93 bits per heavy atom. The van der Waals surface area contributed by atoms with Gasteiger partial charge < -0.3 is 4.74 Å². The fourth-order valence-electron chi connectivity index (χ4n) is 3.37. The predicted molar refractivity (Wildman–Crippen MR) is 59.6 cm³/mol. The summed E-state index contributed by atoms with van der Waals surface area (Å²) in [4.78, 5) is 12.1. The average molecular weight is 210 g/mol. The SMILES string of the molecule is CC1CCC2C(O1)C(=O)C(C)CC2(C)C. The number of hydrogen-bond donors (Lipinski definition) is 0. The number of carbonyl (C=O) groups is 1. The van der Waals surface area contributed by atoms with Gasteiger partial charge in [0.2, 0.25) is 0 Å². The molecule has 0 aromatic heterocycles. The van der Waals surface area contributed by atoms with Crippen LogP contribution in [0.3, 0.4) is 0 Å². The molecule has 86 valence electrons. The molecule has 0 radical (unpaired) electrons. The zero-order valence-corrected chi connectivity index (χ0v) is 10.2. The molecule has 2 heteroatoms. The van der Waals surface area contributed by atoms with E-state index in [1.807, 2.05) is 6.92 Å². The molecule has 1 aliphatic carbocycles. The second kappa shape index (κ2) is 3.58. The Hall–Kier alpha value is -0.370. The maximum Gasteiger partial charge on any atom is 0.164 e. The van der Waals surface area contributed by atoms with Crippen LogP contribution < -0.4 is 0 Å². The van der Waals surface area contributed by atoms with Gasteiger partial charge in [0.05, 0.1) is 6.10 Å². The molecule has 1 heterocycles. The van der Waals surface area contributed by atoms with Crippen LogP contribution in [0.4, 0.5) is 0 Å². The van der Waals surface area contributed by atoms with Gasteiger partial charge >= 0.3 is 0 Å². The number of Topliss-reactive ketones (excluding diaryl/α,β-unsaturated/α-hetero) is 1. The third kappa shape index (κ3) is 1.84. The maximum atomic E-state index is 12.1. The highest BCUT2D eigenvalue weighted by molar-refractivity contribution is 5.86. The van der Waals surface area contributed by atoms with E-state index in [0.29, 0.717) is 11.7 Å². The normalized spacial score (nSPS) is 44.9. The molecule has 0 N–H and O–H groups in total. The smallest absolute Gasteiger partial charge is 0.164 e. The first-order chi connectivity index (χ1) is 6.92. The van der Waals surface area contributed by atoms with Crippen LogP contribution in [-0.2, 0) is 9.53 Å². The van der Waals surface area contributed by atoms with Crippen molar-refractivity contribution >= 4 is 5.78 Å². The largest absolute Gasteiger partial charge is 0.367 e. The van der Waals surface area contributed by atoms with Crippen molar-refractivity contribution in [1.82, 2.24) is 0 Å². The van der Waals surface area contributed by atoms with E-state index in [4.69, 9.17) is 4.74 Å². The minimum atomic E-state index is -0.118. The fourth-order valence-corrected chi connectivity index (χ4v) is 3.37. The van der Waals surface area contributed by atoms with Crippen molar-refractivity contribution in [2.24, 2.45) is 17.3 Å². The summed E-state index contributed by atoms with van der Waals surface area (Å²) in [6.07, 6.45) is 3.41. The molecule has 1 saturated carbocycles. The molecule has 2 fully saturated rings. The molecular weight excluding hydrogens is 188 g/mol. The van der Waals surface area contributed by atoms with Crippen LogP contribution in [0.15, 0.2) is 0 Å². The van der Waals surface area contributed by atoms with Gasteiger partial charge in [-0.15, -0.1) is 0 Å². The number of rotatable bonds is 0. The van der Waals surface area contributed by atoms with Crippen molar-refractivity contribution in [1.29, 1.82) is 0 Å². The molecule has 0 aromatic rings. The number of carbonyl (C=O) groups excluding carboxylic acids is 1.